The maximum Gasteiger partial charge on any atom is 0.229 e. The Balaban J connectivity index is 1.43. The van der Waals surface area contributed by atoms with Crippen molar-refractivity contribution in [3.63, 3.8) is 0 Å². The maximum atomic E-state index is 12.8. The summed E-state index contributed by atoms with van der Waals surface area (Å²) in [6.45, 7) is 4.24. The molecule has 0 aromatic carbocycles. The minimum absolute atomic E-state index is 0.00344. The van der Waals surface area contributed by atoms with E-state index in [1.165, 1.54) is 17.7 Å². The first kappa shape index (κ1) is 18.1. The first-order valence-electron chi connectivity index (χ1n) is 8.99. The van der Waals surface area contributed by atoms with Gasteiger partial charge in [0.2, 0.25) is 17.6 Å². The molecule has 3 aromatic rings. The average molecular weight is 401 g/mol. The van der Waals surface area contributed by atoms with E-state index in [1.807, 2.05) is 16.8 Å². The summed E-state index contributed by atoms with van der Waals surface area (Å²) >= 11 is 3.21. The van der Waals surface area contributed by atoms with Crippen LogP contribution < -0.4 is 4.90 Å². The molecule has 3 aromatic heterocycles. The number of amides is 1. The van der Waals surface area contributed by atoms with E-state index in [0.717, 1.165) is 29.2 Å². The van der Waals surface area contributed by atoms with E-state index in [2.05, 4.69) is 16.7 Å². The summed E-state index contributed by atoms with van der Waals surface area (Å²) in [5, 5.41) is 8.70. The number of rotatable bonds is 7. The average Bonchev–Trinajstić information content (AvgIpc) is 3.43. The van der Waals surface area contributed by atoms with Gasteiger partial charge < -0.3 is 4.52 Å². The van der Waals surface area contributed by atoms with Crippen LogP contribution in [0.2, 0.25) is 0 Å². The molecule has 3 heterocycles. The Kier molecular flexibility index (Phi) is 5.45. The van der Waals surface area contributed by atoms with Crippen LogP contribution in [0.25, 0.3) is 11.4 Å². The molecule has 0 N–H and O–H groups in total. The summed E-state index contributed by atoms with van der Waals surface area (Å²) in [6, 6.07) is 1.94. The zero-order valence-corrected chi connectivity index (χ0v) is 16.5. The lowest BCUT2D eigenvalue weighted by molar-refractivity contribution is -0.118. The quantitative estimate of drug-likeness (QED) is 0.553. The second kappa shape index (κ2) is 8.14. The van der Waals surface area contributed by atoms with Crippen molar-refractivity contribution in [3.05, 3.63) is 45.9 Å². The lowest BCUT2D eigenvalue weighted by Crippen LogP contribution is -2.31. The molecule has 8 heteroatoms. The Hall–Kier alpha value is -2.32. The van der Waals surface area contributed by atoms with Crippen LogP contribution in [-0.4, -0.2) is 27.6 Å². The van der Waals surface area contributed by atoms with E-state index in [9.17, 15) is 4.79 Å². The number of hydrogen-bond acceptors (Lipinski definition) is 7. The van der Waals surface area contributed by atoms with Gasteiger partial charge in [0.25, 0.3) is 0 Å². The van der Waals surface area contributed by atoms with Gasteiger partial charge in [0.1, 0.15) is 0 Å². The summed E-state index contributed by atoms with van der Waals surface area (Å²) in [5.74, 6) is 1.03. The Labute approximate surface area is 165 Å². The Bertz CT molecular complexity index is 906. The topological polar surface area (TPSA) is 72.1 Å². The molecule has 4 rings (SSSR count). The lowest BCUT2D eigenvalue weighted by Gasteiger charge is -2.17. The maximum absolute atomic E-state index is 12.8. The van der Waals surface area contributed by atoms with Crippen molar-refractivity contribution in [3.8, 4) is 11.4 Å². The highest BCUT2D eigenvalue weighted by Gasteiger charge is 2.23. The van der Waals surface area contributed by atoms with Gasteiger partial charge >= 0.3 is 0 Å². The lowest BCUT2D eigenvalue weighted by atomic mass is 10.0. The number of carbonyl (C=O) groups is 1. The summed E-state index contributed by atoms with van der Waals surface area (Å²) in [4.78, 5) is 24.9. The number of aromatic nitrogens is 3. The van der Waals surface area contributed by atoms with E-state index >= 15 is 0 Å². The molecule has 0 saturated heterocycles. The predicted octanol–water partition coefficient (Wildman–Crippen LogP) is 4.29. The second-order valence-corrected chi connectivity index (χ2v) is 8.23. The molecule has 0 aliphatic heterocycles. The van der Waals surface area contributed by atoms with E-state index in [4.69, 9.17) is 9.51 Å². The third kappa shape index (κ3) is 4.01. The molecule has 0 radical (unpaired) electrons. The van der Waals surface area contributed by atoms with Gasteiger partial charge in [0.15, 0.2) is 5.13 Å². The minimum atomic E-state index is -0.00344. The fraction of sp³-hybridized carbons (Fsp3) is 0.368. The number of nitrogens with zero attached hydrogens (tertiary/aromatic N) is 4. The molecule has 1 amide bonds. The molecular weight excluding hydrogens is 380 g/mol. The van der Waals surface area contributed by atoms with E-state index in [0.29, 0.717) is 31.1 Å². The van der Waals surface area contributed by atoms with Gasteiger partial charge in [-0.1, -0.05) is 11.2 Å². The van der Waals surface area contributed by atoms with Gasteiger partial charge in [-0.25, -0.2) is 4.98 Å². The number of carbonyl (C=O) groups excluding carboxylic acids is 1. The SMILES string of the molecule is C=CCN(C(=O)CCc1nc(-c2ccsc2)no1)c1nc2c(s1)CCCC2. The molecule has 0 unspecified atom stereocenters. The number of anilines is 1. The summed E-state index contributed by atoms with van der Waals surface area (Å²) in [6.07, 6.45) is 6.90. The van der Waals surface area contributed by atoms with Crippen molar-refractivity contribution in [2.45, 2.75) is 38.5 Å². The van der Waals surface area contributed by atoms with Crippen LogP contribution in [0.4, 0.5) is 5.13 Å². The Morgan fingerprint density at radius 2 is 2.22 bits per heavy atom. The third-order valence-corrected chi connectivity index (χ3v) is 6.34. The van der Waals surface area contributed by atoms with Crippen molar-refractivity contribution in [2.75, 3.05) is 11.4 Å². The molecule has 0 saturated carbocycles. The van der Waals surface area contributed by atoms with Crippen molar-refractivity contribution in [1.82, 2.24) is 15.1 Å². The van der Waals surface area contributed by atoms with Crippen molar-refractivity contribution >= 4 is 33.7 Å². The summed E-state index contributed by atoms with van der Waals surface area (Å²) in [5.41, 5.74) is 2.09. The molecule has 140 valence electrons. The first-order valence-corrected chi connectivity index (χ1v) is 10.8. The van der Waals surface area contributed by atoms with Gasteiger partial charge in [-0.05, 0) is 37.1 Å². The number of hydrogen-bond donors (Lipinski definition) is 0. The molecule has 27 heavy (non-hydrogen) atoms. The first-order chi connectivity index (χ1) is 13.2. The highest BCUT2D eigenvalue weighted by molar-refractivity contribution is 7.16. The van der Waals surface area contributed by atoms with Gasteiger partial charge in [-0.3, -0.25) is 9.69 Å². The third-order valence-electron chi connectivity index (χ3n) is 4.48. The fourth-order valence-corrected chi connectivity index (χ4v) is 4.89. The van der Waals surface area contributed by atoms with Crippen molar-refractivity contribution < 1.29 is 9.32 Å². The molecule has 1 aliphatic carbocycles. The standard InChI is InChI=1S/C19H20N4O2S2/c1-2-10-23(19-20-14-5-3-4-6-15(14)27-19)17(24)8-7-16-21-18(22-25-16)13-9-11-26-12-13/h2,9,11-12H,1,3-8,10H2. The largest absolute Gasteiger partial charge is 0.339 e. The van der Waals surface area contributed by atoms with Gasteiger partial charge in [-0.2, -0.15) is 16.3 Å². The molecule has 6 nitrogen and oxygen atoms in total. The van der Waals surface area contributed by atoms with Crippen LogP contribution >= 0.6 is 22.7 Å². The van der Waals surface area contributed by atoms with Gasteiger partial charge in [0.05, 0.1) is 5.69 Å². The van der Waals surface area contributed by atoms with E-state index in [-0.39, 0.29) is 5.91 Å². The van der Waals surface area contributed by atoms with Gasteiger partial charge in [0, 0.05) is 35.2 Å². The number of fused-ring (bicyclic) bond motifs is 1. The normalized spacial score (nSPS) is 13.3. The highest BCUT2D eigenvalue weighted by Crippen LogP contribution is 2.32. The molecule has 1 aliphatic rings. The van der Waals surface area contributed by atoms with Crippen LogP contribution in [0, 0.1) is 0 Å². The van der Waals surface area contributed by atoms with Crippen LogP contribution in [0.15, 0.2) is 34.0 Å². The number of thiophene rings is 1. The molecule has 0 spiro atoms. The predicted molar refractivity (Wildman–Crippen MR) is 107 cm³/mol. The van der Waals surface area contributed by atoms with Crippen LogP contribution in [0.3, 0.4) is 0 Å². The molecule has 0 bridgehead atoms. The van der Waals surface area contributed by atoms with Crippen LogP contribution in [-0.2, 0) is 24.1 Å². The second-order valence-electron chi connectivity index (χ2n) is 6.39. The minimum Gasteiger partial charge on any atom is -0.339 e. The van der Waals surface area contributed by atoms with E-state index < -0.39 is 0 Å². The summed E-state index contributed by atoms with van der Waals surface area (Å²) < 4.78 is 5.29. The van der Waals surface area contributed by atoms with Gasteiger partial charge in [-0.15, -0.1) is 17.9 Å². The smallest absolute Gasteiger partial charge is 0.229 e. The Morgan fingerprint density at radius 3 is 3.00 bits per heavy atom. The number of aryl methyl sites for hydroxylation is 3. The zero-order chi connectivity index (χ0) is 18.6. The molecular formula is C19H20N4O2S2. The fourth-order valence-electron chi connectivity index (χ4n) is 3.08. The van der Waals surface area contributed by atoms with E-state index in [1.54, 1.807) is 33.6 Å². The molecule has 0 atom stereocenters. The van der Waals surface area contributed by atoms with Crippen molar-refractivity contribution in [2.24, 2.45) is 0 Å². The summed E-state index contributed by atoms with van der Waals surface area (Å²) in [7, 11) is 0. The molecule has 0 fully saturated rings. The van der Waals surface area contributed by atoms with Crippen LogP contribution in [0.5, 0.6) is 0 Å². The highest BCUT2D eigenvalue weighted by atomic mass is 32.1. The van der Waals surface area contributed by atoms with Crippen molar-refractivity contribution in [1.29, 1.82) is 0 Å². The monoisotopic (exact) mass is 400 g/mol. The van der Waals surface area contributed by atoms with Crippen LogP contribution in [0.1, 0.15) is 35.7 Å². The Morgan fingerprint density at radius 1 is 1.33 bits per heavy atom. The zero-order valence-electron chi connectivity index (χ0n) is 14.9. The number of thiazole rings is 1.